The molecule has 3 aromatic heterocycles. The van der Waals surface area contributed by atoms with Crippen LogP contribution in [0, 0.1) is 6.92 Å². The summed E-state index contributed by atoms with van der Waals surface area (Å²) in [6.07, 6.45) is 1.54. The third kappa shape index (κ3) is 3.31. The fourth-order valence-electron chi connectivity index (χ4n) is 2.43. The number of hydrogen-bond donors (Lipinski definition) is 0. The highest BCUT2D eigenvalue weighted by molar-refractivity contribution is 7.09. The van der Waals surface area contributed by atoms with Gasteiger partial charge in [-0.15, -0.1) is 21.5 Å². The lowest BCUT2D eigenvalue weighted by molar-refractivity contribution is 0.287. The fourth-order valence-corrected chi connectivity index (χ4v) is 3.02. The van der Waals surface area contributed by atoms with Gasteiger partial charge in [-0.25, -0.2) is 19.3 Å². The van der Waals surface area contributed by atoms with Crippen molar-refractivity contribution < 1.29 is 4.74 Å². The van der Waals surface area contributed by atoms with E-state index in [2.05, 4.69) is 30.6 Å². The lowest BCUT2D eigenvalue weighted by Gasteiger charge is -2.07. The van der Waals surface area contributed by atoms with Crippen molar-refractivity contribution >= 4 is 11.3 Å². The second-order valence-corrected chi connectivity index (χ2v) is 6.52. The molecule has 4 rings (SSSR count). The summed E-state index contributed by atoms with van der Waals surface area (Å²) in [5.74, 6) is 2.13. The lowest BCUT2D eigenvalue weighted by Crippen LogP contribution is -2.07. The van der Waals surface area contributed by atoms with Crippen molar-refractivity contribution in [2.75, 3.05) is 0 Å². The van der Waals surface area contributed by atoms with Gasteiger partial charge in [0, 0.05) is 11.9 Å². The molecule has 4 aromatic rings. The minimum absolute atomic E-state index is 0.328. The Morgan fingerprint density at radius 1 is 1.15 bits per heavy atom. The van der Waals surface area contributed by atoms with E-state index < -0.39 is 0 Å². The molecule has 26 heavy (non-hydrogen) atoms. The van der Waals surface area contributed by atoms with E-state index in [-0.39, 0.29) is 0 Å². The molecule has 0 aliphatic rings. The number of nitrogens with zero attached hydrogens (tertiary/aromatic N) is 8. The SMILES string of the molecule is CCn1nc(-c2csc(C)n2)nc1COc1ccc(-n2cnnn2)cc1. The van der Waals surface area contributed by atoms with Gasteiger partial charge < -0.3 is 4.74 Å². The lowest BCUT2D eigenvalue weighted by atomic mass is 10.3. The molecule has 0 radical (unpaired) electrons. The Balaban J connectivity index is 1.48. The highest BCUT2D eigenvalue weighted by Gasteiger charge is 2.13. The van der Waals surface area contributed by atoms with Crippen LogP contribution in [0.15, 0.2) is 36.0 Å². The highest BCUT2D eigenvalue weighted by Crippen LogP contribution is 2.20. The second kappa shape index (κ2) is 7.00. The van der Waals surface area contributed by atoms with Crippen LogP contribution in [0.25, 0.3) is 17.2 Å². The molecule has 132 valence electrons. The van der Waals surface area contributed by atoms with Gasteiger partial charge in [-0.05, 0) is 48.5 Å². The van der Waals surface area contributed by atoms with Crippen LogP contribution >= 0.6 is 11.3 Å². The van der Waals surface area contributed by atoms with Crippen LogP contribution < -0.4 is 4.74 Å². The maximum absolute atomic E-state index is 5.86. The quantitative estimate of drug-likeness (QED) is 0.515. The van der Waals surface area contributed by atoms with Gasteiger partial charge >= 0.3 is 0 Å². The first-order valence-electron chi connectivity index (χ1n) is 8.05. The Bertz CT molecular complexity index is 990. The Labute approximate surface area is 153 Å². The number of tetrazole rings is 1. The van der Waals surface area contributed by atoms with E-state index in [0.717, 1.165) is 28.0 Å². The van der Waals surface area contributed by atoms with Crippen LogP contribution in [0.1, 0.15) is 17.8 Å². The van der Waals surface area contributed by atoms with Gasteiger partial charge in [0.05, 0.1) is 10.7 Å². The predicted octanol–water partition coefficient (Wildman–Crippen LogP) is 2.28. The molecular weight excluding hydrogens is 352 g/mol. The van der Waals surface area contributed by atoms with Crippen molar-refractivity contribution in [2.24, 2.45) is 0 Å². The summed E-state index contributed by atoms with van der Waals surface area (Å²) in [6, 6.07) is 7.52. The number of rotatable bonds is 6. The zero-order valence-electron chi connectivity index (χ0n) is 14.3. The number of aryl methyl sites for hydroxylation is 2. The maximum atomic E-state index is 5.86. The number of benzene rings is 1. The van der Waals surface area contributed by atoms with Gasteiger partial charge in [-0.1, -0.05) is 0 Å². The summed E-state index contributed by atoms with van der Waals surface area (Å²) in [5.41, 5.74) is 1.66. The van der Waals surface area contributed by atoms with Crippen molar-refractivity contribution in [3.8, 4) is 23.0 Å². The number of aromatic nitrogens is 8. The summed E-state index contributed by atoms with van der Waals surface area (Å²) >= 11 is 1.58. The van der Waals surface area contributed by atoms with Crippen LogP contribution in [0.2, 0.25) is 0 Å². The third-order valence-corrected chi connectivity index (χ3v) is 4.49. The van der Waals surface area contributed by atoms with Crippen molar-refractivity contribution in [1.29, 1.82) is 0 Å². The zero-order chi connectivity index (χ0) is 17.9. The number of ether oxygens (including phenoxy) is 1. The minimum Gasteiger partial charge on any atom is -0.486 e. The first-order valence-corrected chi connectivity index (χ1v) is 8.93. The topological polar surface area (TPSA) is 96.4 Å². The Hall–Kier alpha value is -3.14. The molecule has 0 N–H and O–H groups in total. The molecule has 0 bridgehead atoms. The van der Waals surface area contributed by atoms with Crippen molar-refractivity contribution in [3.05, 3.63) is 46.8 Å². The Morgan fingerprint density at radius 3 is 2.65 bits per heavy atom. The van der Waals surface area contributed by atoms with E-state index in [9.17, 15) is 0 Å². The maximum Gasteiger partial charge on any atom is 0.201 e. The first kappa shape index (κ1) is 16.3. The third-order valence-electron chi connectivity index (χ3n) is 3.71. The standard InChI is InChI=1S/C16H16N8OS/c1-3-23-15(19-16(20-23)14-9-26-11(2)18-14)8-25-13-6-4-12(5-7-13)24-10-17-21-22-24/h4-7,9-10H,3,8H2,1-2H3. The van der Waals surface area contributed by atoms with Gasteiger partial charge in [0.2, 0.25) is 5.82 Å². The number of hydrogen-bond acceptors (Lipinski definition) is 8. The number of thiazole rings is 1. The summed E-state index contributed by atoms with van der Waals surface area (Å²) in [4.78, 5) is 9.02. The van der Waals surface area contributed by atoms with Crippen LogP contribution in [0.5, 0.6) is 5.75 Å². The molecule has 0 atom stereocenters. The molecule has 0 fully saturated rings. The molecular formula is C16H16N8OS. The molecule has 0 amide bonds. The van der Waals surface area contributed by atoms with Crippen molar-refractivity contribution in [2.45, 2.75) is 27.0 Å². The average Bonchev–Trinajstić information content (AvgIpc) is 3.40. The van der Waals surface area contributed by atoms with Gasteiger partial charge in [0.1, 0.15) is 24.4 Å². The molecule has 0 saturated heterocycles. The van der Waals surface area contributed by atoms with Gasteiger partial charge in [0.15, 0.2) is 5.82 Å². The normalized spacial score (nSPS) is 11.0. The Kier molecular flexibility index (Phi) is 4.40. The minimum atomic E-state index is 0.328. The van der Waals surface area contributed by atoms with Gasteiger partial charge in [-0.2, -0.15) is 0 Å². The summed E-state index contributed by atoms with van der Waals surface area (Å²) in [6.45, 7) is 5.03. The molecule has 0 aliphatic carbocycles. The predicted molar refractivity (Wildman–Crippen MR) is 95.0 cm³/mol. The molecule has 0 spiro atoms. The molecule has 3 heterocycles. The Morgan fingerprint density at radius 2 is 2.00 bits per heavy atom. The largest absolute Gasteiger partial charge is 0.486 e. The average molecular weight is 368 g/mol. The molecule has 0 aliphatic heterocycles. The van der Waals surface area contributed by atoms with E-state index in [1.54, 1.807) is 22.3 Å². The monoisotopic (exact) mass is 368 g/mol. The van der Waals surface area contributed by atoms with E-state index >= 15 is 0 Å². The zero-order valence-corrected chi connectivity index (χ0v) is 15.1. The second-order valence-electron chi connectivity index (χ2n) is 5.46. The summed E-state index contributed by atoms with van der Waals surface area (Å²) in [7, 11) is 0. The van der Waals surface area contributed by atoms with E-state index in [0.29, 0.717) is 19.0 Å². The van der Waals surface area contributed by atoms with E-state index in [1.165, 1.54) is 0 Å². The van der Waals surface area contributed by atoms with Crippen LogP contribution in [0.3, 0.4) is 0 Å². The molecule has 0 saturated carbocycles. The summed E-state index contributed by atoms with van der Waals surface area (Å²) in [5, 5.41) is 18.6. The van der Waals surface area contributed by atoms with Crippen LogP contribution in [-0.4, -0.2) is 40.0 Å². The van der Waals surface area contributed by atoms with Crippen molar-refractivity contribution in [1.82, 2.24) is 40.0 Å². The molecule has 10 heteroatoms. The molecule has 0 unspecified atom stereocenters. The van der Waals surface area contributed by atoms with E-state index in [4.69, 9.17) is 4.74 Å². The molecule has 9 nitrogen and oxygen atoms in total. The molecule has 1 aromatic carbocycles. The van der Waals surface area contributed by atoms with Crippen LogP contribution in [0.4, 0.5) is 0 Å². The smallest absolute Gasteiger partial charge is 0.201 e. The van der Waals surface area contributed by atoms with Crippen molar-refractivity contribution in [3.63, 3.8) is 0 Å². The van der Waals surface area contributed by atoms with Crippen LogP contribution in [-0.2, 0) is 13.2 Å². The fraction of sp³-hybridized carbons (Fsp3) is 0.250. The van der Waals surface area contributed by atoms with Gasteiger partial charge in [0.25, 0.3) is 0 Å². The first-order chi connectivity index (χ1) is 12.7. The summed E-state index contributed by atoms with van der Waals surface area (Å²) < 4.78 is 9.28. The van der Waals surface area contributed by atoms with Gasteiger partial charge in [-0.3, -0.25) is 0 Å². The highest BCUT2D eigenvalue weighted by atomic mass is 32.1. The van der Waals surface area contributed by atoms with E-state index in [1.807, 2.05) is 48.2 Å².